The summed E-state index contributed by atoms with van der Waals surface area (Å²) < 4.78 is 5.42. The van der Waals surface area contributed by atoms with E-state index in [0.717, 1.165) is 21.9 Å². The second kappa shape index (κ2) is 5.20. The number of pyridine rings is 1. The van der Waals surface area contributed by atoms with Crippen LogP contribution in [0.2, 0.25) is 0 Å². The molecule has 0 saturated heterocycles. The summed E-state index contributed by atoms with van der Waals surface area (Å²) in [7, 11) is 1.60. The third kappa shape index (κ3) is 2.29. The number of ether oxygens (including phenoxy) is 1. The van der Waals surface area contributed by atoms with Crippen LogP contribution in [0.25, 0.3) is 21.9 Å². The van der Waals surface area contributed by atoms with Crippen LogP contribution in [-0.2, 0) is 0 Å². The quantitative estimate of drug-likeness (QED) is 0.540. The van der Waals surface area contributed by atoms with Gasteiger partial charge in [0.1, 0.15) is 11.9 Å². The van der Waals surface area contributed by atoms with Crippen LogP contribution in [0.1, 0.15) is 0 Å². The highest BCUT2D eigenvalue weighted by atomic mass is 16.6. The highest BCUT2D eigenvalue weighted by Crippen LogP contribution is 2.36. The van der Waals surface area contributed by atoms with Gasteiger partial charge < -0.3 is 14.9 Å². The Labute approximate surface area is 121 Å². The molecule has 0 spiro atoms. The normalized spacial score (nSPS) is 10.5. The molecular formula is C16H12N2O3. The molecule has 0 aliphatic rings. The van der Waals surface area contributed by atoms with Gasteiger partial charge >= 0.3 is 5.82 Å². The Morgan fingerprint density at radius 2 is 1.90 bits per heavy atom. The van der Waals surface area contributed by atoms with Crippen LogP contribution in [0.5, 0.6) is 5.75 Å². The zero-order valence-corrected chi connectivity index (χ0v) is 11.3. The lowest BCUT2D eigenvalue weighted by molar-refractivity contribution is -0.389. The predicted molar refractivity (Wildman–Crippen MR) is 80.4 cm³/mol. The summed E-state index contributed by atoms with van der Waals surface area (Å²) in [5.74, 6) is 0.544. The average molecular weight is 280 g/mol. The van der Waals surface area contributed by atoms with E-state index in [0.29, 0.717) is 5.75 Å². The fraction of sp³-hybridized carbons (Fsp3) is 0.0625. The lowest BCUT2D eigenvalue weighted by Crippen LogP contribution is -1.93. The smallest absolute Gasteiger partial charge is 0.363 e. The van der Waals surface area contributed by atoms with Crippen LogP contribution in [0.3, 0.4) is 0 Å². The Bertz CT molecular complexity index is 813. The molecule has 104 valence electrons. The van der Waals surface area contributed by atoms with Gasteiger partial charge in [-0.15, -0.1) is 0 Å². The molecule has 1 heterocycles. The van der Waals surface area contributed by atoms with Crippen molar-refractivity contribution in [1.82, 2.24) is 4.98 Å². The zero-order valence-electron chi connectivity index (χ0n) is 11.3. The maximum absolute atomic E-state index is 10.7. The largest absolute Gasteiger partial charge is 0.496 e. The highest BCUT2D eigenvalue weighted by molar-refractivity contribution is 5.99. The van der Waals surface area contributed by atoms with E-state index < -0.39 is 4.92 Å². The number of hydrogen-bond donors (Lipinski definition) is 0. The minimum atomic E-state index is -0.510. The first-order valence-corrected chi connectivity index (χ1v) is 6.37. The van der Waals surface area contributed by atoms with Gasteiger partial charge in [0.15, 0.2) is 0 Å². The van der Waals surface area contributed by atoms with Crippen molar-refractivity contribution in [2.24, 2.45) is 0 Å². The molecule has 5 heteroatoms. The molecule has 0 bridgehead atoms. The fourth-order valence-corrected chi connectivity index (χ4v) is 2.36. The third-order valence-electron chi connectivity index (χ3n) is 3.33. The third-order valence-corrected chi connectivity index (χ3v) is 3.33. The summed E-state index contributed by atoms with van der Waals surface area (Å²) >= 11 is 0. The topological polar surface area (TPSA) is 65.3 Å². The summed E-state index contributed by atoms with van der Waals surface area (Å²) in [6.45, 7) is 0. The van der Waals surface area contributed by atoms with Gasteiger partial charge in [0.2, 0.25) is 0 Å². The van der Waals surface area contributed by atoms with Crippen molar-refractivity contribution in [1.29, 1.82) is 0 Å². The molecule has 0 atom stereocenters. The number of nitro groups is 1. The number of methoxy groups -OCH3 is 1. The Balaban J connectivity index is 2.24. The minimum Gasteiger partial charge on any atom is -0.496 e. The minimum absolute atomic E-state index is 0.169. The van der Waals surface area contributed by atoms with Crippen molar-refractivity contribution in [2.45, 2.75) is 0 Å². The van der Waals surface area contributed by atoms with Gasteiger partial charge in [-0.3, -0.25) is 0 Å². The molecule has 0 radical (unpaired) electrons. The highest BCUT2D eigenvalue weighted by Gasteiger charge is 2.14. The molecule has 3 rings (SSSR count). The van der Waals surface area contributed by atoms with Crippen molar-refractivity contribution in [3.8, 4) is 16.9 Å². The van der Waals surface area contributed by atoms with E-state index in [9.17, 15) is 10.1 Å². The van der Waals surface area contributed by atoms with Gasteiger partial charge in [0.25, 0.3) is 0 Å². The monoisotopic (exact) mass is 280 g/mol. The van der Waals surface area contributed by atoms with Crippen LogP contribution in [0.15, 0.2) is 54.7 Å². The van der Waals surface area contributed by atoms with Crippen LogP contribution < -0.4 is 4.74 Å². The number of fused-ring (bicyclic) bond motifs is 1. The SMILES string of the molecule is COc1ccc2ccccc2c1-c1ccc([N+](=O)[O-])nc1. The van der Waals surface area contributed by atoms with Gasteiger partial charge in [-0.2, -0.15) is 0 Å². The second-order valence-electron chi connectivity index (χ2n) is 4.53. The van der Waals surface area contributed by atoms with Crippen LogP contribution in [-0.4, -0.2) is 17.0 Å². The Kier molecular flexibility index (Phi) is 3.23. The van der Waals surface area contributed by atoms with Crippen LogP contribution in [0.4, 0.5) is 5.82 Å². The van der Waals surface area contributed by atoms with Crippen molar-refractivity contribution in [3.63, 3.8) is 0 Å². The summed E-state index contributed by atoms with van der Waals surface area (Å²) in [5.41, 5.74) is 1.67. The molecule has 0 saturated carbocycles. The second-order valence-corrected chi connectivity index (χ2v) is 4.53. The van der Waals surface area contributed by atoms with E-state index in [-0.39, 0.29) is 5.82 Å². The van der Waals surface area contributed by atoms with E-state index in [4.69, 9.17) is 4.74 Å². The summed E-state index contributed by atoms with van der Waals surface area (Å²) in [5, 5.41) is 12.8. The molecule has 0 aliphatic heterocycles. The first-order chi connectivity index (χ1) is 10.2. The lowest BCUT2D eigenvalue weighted by Gasteiger charge is -2.11. The van der Waals surface area contributed by atoms with Gasteiger partial charge in [0, 0.05) is 17.2 Å². The molecule has 2 aromatic carbocycles. The molecule has 21 heavy (non-hydrogen) atoms. The average Bonchev–Trinajstić information content (AvgIpc) is 2.53. The predicted octanol–water partition coefficient (Wildman–Crippen LogP) is 3.82. The molecular weight excluding hydrogens is 268 g/mol. The van der Waals surface area contributed by atoms with Crippen LogP contribution >= 0.6 is 0 Å². The van der Waals surface area contributed by atoms with E-state index in [1.807, 2.05) is 36.4 Å². The molecule has 0 unspecified atom stereocenters. The standard InChI is InChI=1S/C16H12N2O3/c1-21-14-8-6-11-4-2-3-5-13(11)16(14)12-7-9-15(17-10-12)18(19)20/h2-10H,1H3. The number of nitrogens with zero attached hydrogens (tertiary/aromatic N) is 2. The maximum Gasteiger partial charge on any atom is 0.363 e. The van der Waals surface area contributed by atoms with Crippen LogP contribution in [0, 0.1) is 10.1 Å². The molecule has 0 amide bonds. The first-order valence-electron chi connectivity index (χ1n) is 6.37. The number of rotatable bonds is 3. The van der Waals surface area contributed by atoms with Gasteiger partial charge in [-0.25, -0.2) is 0 Å². The van der Waals surface area contributed by atoms with Gasteiger partial charge in [-0.05, 0) is 32.8 Å². The molecule has 3 aromatic rings. The molecule has 0 fully saturated rings. The van der Waals surface area contributed by atoms with Crippen molar-refractivity contribution < 1.29 is 9.66 Å². The van der Waals surface area contributed by atoms with E-state index in [2.05, 4.69) is 4.98 Å². The number of hydrogen-bond acceptors (Lipinski definition) is 4. The molecule has 0 aliphatic carbocycles. The van der Waals surface area contributed by atoms with Gasteiger partial charge in [-0.1, -0.05) is 30.3 Å². The van der Waals surface area contributed by atoms with Crippen molar-refractivity contribution in [3.05, 3.63) is 64.8 Å². The molecule has 5 nitrogen and oxygen atoms in total. The van der Waals surface area contributed by atoms with Crippen molar-refractivity contribution >= 4 is 16.6 Å². The summed E-state index contributed by atoms with van der Waals surface area (Å²) in [4.78, 5) is 14.1. The van der Waals surface area contributed by atoms with Crippen molar-refractivity contribution in [2.75, 3.05) is 7.11 Å². The molecule has 1 aromatic heterocycles. The van der Waals surface area contributed by atoms with E-state index in [1.165, 1.54) is 12.3 Å². The first kappa shape index (κ1) is 13.1. The maximum atomic E-state index is 10.7. The Hall–Kier alpha value is -2.95. The van der Waals surface area contributed by atoms with Gasteiger partial charge in [0.05, 0.1) is 7.11 Å². The zero-order chi connectivity index (χ0) is 14.8. The lowest BCUT2D eigenvalue weighted by atomic mass is 9.98. The number of benzene rings is 2. The Morgan fingerprint density at radius 1 is 1.10 bits per heavy atom. The summed E-state index contributed by atoms with van der Waals surface area (Å²) in [6.07, 6.45) is 1.50. The molecule has 0 N–H and O–H groups in total. The Morgan fingerprint density at radius 3 is 2.57 bits per heavy atom. The number of aromatic nitrogens is 1. The summed E-state index contributed by atoms with van der Waals surface area (Å²) in [6, 6.07) is 14.9. The van der Waals surface area contributed by atoms with E-state index >= 15 is 0 Å². The van der Waals surface area contributed by atoms with E-state index in [1.54, 1.807) is 13.2 Å². The fourth-order valence-electron chi connectivity index (χ4n) is 2.36.